The standard InChI is InChI=1S/C8H16N2O2/c1-3-7(11)9-5-6-10-8(12)4-2/h3-4,7-12H,1-2,5-6H2. The third-order valence-corrected chi connectivity index (χ3v) is 1.28. The van der Waals surface area contributed by atoms with E-state index in [0.29, 0.717) is 13.1 Å². The van der Waals surface area contributed by atoms with Crippen LogP contribution in [0.3, 0.4) is 0 Å². The normalized spacial score (nSPS) is 15.2. The predicted molar refractivity (Wildman–Crippen MR) is 48.4 cm³/mol. The molecule has 2 atom stereocenters. The van der Waals surface area contributed by atoms with E-state index in [1.54, 1.807) is 0 Å². The highest BCUT2D eigenvalue weighted by Gasteiger charge is 1.97. The van der Waals surface area contributed by atoms with Crippen molar-refractivity contribution in [2.24, 2.45) is 0 Å². The van der Waals surface area contributed by atoms with Gasteiger partial charge in [-0.1, -0.05) is 13.2 Å². The van der Waals surface area contributed by atoms with E-state index in [1.165, 1.54) is 12.2 Å². The Kier molecular flexibility index (Phi) is 6.60. The molecular formula is C8H16N2O2. The molecule has 0 aliphatic carbocycles. The SMILES string of the molecule is C=CC(O)NCCNC(O)C=C. The highest BCUT2D eigenvalue weighted by atomic mass is 16.3. The van der Waals surface area contributed by atoms with Crippen molar-refractivity contribution >= 4 is 0 Å². The monoisotopic (exact) mass is 172 g/mol. The van der Waals surface area contributed by atoms with E-state index in [0.717, 1.165) is 0 Å². The third-order valence-electron chi connectivity index (χ3n) is 1.28. The molecule has 4 N–H and O–H groups in total. The molecule has 0 aromatic rings. The molecule has 12 heavy (non-hydrogen) atoms. The molecule has 0 spiro atoms. The highest BCUT2D eigenvalue weighted by molar-refractivity contribution is 4.78. The lowest BCUT2D eigenvalue weighted by atomic mass is 10.5. The number of hydrogen-bond donors (Lipinski definition) is 4. The summed E-state index contributed by atoms with van der Waals surface area (Å²) in [5, 5.41) is 23.4. The maximum atomic E-state index is 8.94. The van der Waals surface area contributed by atoms with Gasteiger partial charge in [0.2, 0.25) is 0 Å². The molecule has 0 amide bonds. The van der Waals surface area contributed by atoms with Crippen LogP contribution in [0.2, 0.25) is 0 Å². The average Bonchev–Trinajstić information content (AvgIpc) is 2.11. The summed E-state index contributed by atoms with van der Waals surface area (Å²) in [7, 11) is 0. The molecule has 0 bridgehead atoms. The Morgan fingerprint density at radius 1 is 1.00 bits per heavy atom. The van der Waals surface area contributed by atoms with Crippen molar-refractivity contribution in [1.29, 1.82) is 0 Å². The Hall–Kier alpha value is -0.680. The van der Waals surface area contributed by atoms with Gasteiger partial charge in [0.25, 0.3) is 0 Å². The van der Waals surface area contributed by atoms with Gasteiger partial charge in [0.05, 0.1) is 0 Å². The first-order chi connectivity index (χ1) is 5.70. The van der Waals surface area contributed by atoms with Gasteiger partial charge in [0.15, 0.2) is 0 Å². The van der Waals surface area contributed by atoms with Crippen LogP contribution in [0.5, 0.6) is 0 Å². The van der Waals surface area contributed by atoms with Crippen molar-refractivity contribution in [1.82, 2.24) is 10.6 Å². The lowest BCUT2D eigenvalue weighted by Gasteiger charge is -2.10. The lowest BCUT2D eigenvalue weighted by molar-refractivity contribution is 0.168. The molecule has 0 fully saturated rings. The summed E-state index contributed by atoms with van der Waals surface area (Å²) in [5.41, 5.74) is 0. The first kappa shape index (κ1) is 11.3. The summed E-state index contributed by atoms with van der Waals surface area (Å²) in [6, 6.07) is 0. The van der Waals surface area contributed by atoms with Crippen LogP contribution in [0.1, 0.15) is 0 Å². The Morgan fingerprint density at radius 2 is 1.33 bits per heavy atom. The summed E-state index contributed by atoms with van der Waals surface area (Å²) >= 11 is 0. The van der Waals surface area contributed by atoms with E-state index in [-0.39, 0.29) is 0 Å². The fourth-order valence-electron chi connectivity index (χ4n) is 0.607. The van der Waals surface area contributed by atoms with Gasteiger partial charge in [-0.2, -0.15) is 0 Å². The average molecular weight is 172 g/mol. The second-order valence-corrected chi connectivity index (χ2v) is 2.27. The van der Waals surface area contributed by atoms with Crippen LogP contribution < -0.4 is 10.6 Å². The maximum Gasteiger partial charge on any atom is 0.123 e. The summed E-state index contributed by atoms with van der Waals surface area (Å²) in [4.78, 5) is 0. The maximum absolute atomic E-state index is 8.94. The van der Waals surface area contributed by atoms with Crippen molar-refractivity contribution in [3.63, 3.8) is 0 Å². The quantitative estimate of drug-likeness (QED) is 0.230. The van der Waals surface area contributed by atoms with Crippen LogP contribution in [0.15, 0.2) is 25.3 Å². The molecule has 0 rings (SSSR count). The molecule has 0 aliphatic rings. The second kappa shape index (κ2) is 7.00. The predicted octanol–water partition coefficient (Wildman–Crippen LogP) is -0.826. The van der Waals surface area contributed by atoms with Crippen molar-refractivity contribution in [3.8, 4) is 0 Å². The smallest absolute Gasteiger partial charge is 0.123 e. The summed E-state index contributed by atoms with van der Waals surface area (Å²) in [6.07, 6.45) is 1.41. The molecule has 4 heteroatoms. The minimum absolute atomic E-state index is 0.554. The Morgan fingerprint density at radius 3 is 1.58 bits per heavy atom. The largest absolute Gasteiger partial charge is 0.375 e. The first-order valence-corrected chi connectivity index (χ1v) is 3.78. The summed E-state index contributed by atoms with van der Waals surface area (Å²) in [5.74, 6) is 0. The van der Waals surface area contributed by atoms with Crippen molar-refractivity contribution in [2.75, 3.05) is 13.1 Å². The third kappa shape index (κ3) is 6.06. The molecule has 70 valence electrons. The van der Waals surface area contributed by atoms with Crippen LogP contribution >= 0.6 is 0 Å². The number of nitrogens with one attached hydrogen (secondary N) is 2. The summed E-state index contributed by atoms with van der Waals surface area (Å²) in [6.45, 7) is 7.89. The molecule has 0 aromatic heterocycles. The molecule has 0 saturated carbocycles. The van der Waals surface area contributed by atoms with Crippen molar-refractivity contribution in [2.45, 2.75) is 12.5 Å². The fourth-order valence-corrected chi connectivity index (χ4v) is 0.607. The lowest BCUT2D eigenvalue weighted by Crippen LogP contribution is -2.37. The Labute approximate surface area is 72.6 Å². The minimum Gasteiger partial charge on any atom is -0.375 e. The topological polar surface area (TPSA) is 64.5 Å². The van der Waals surface area contributed by atoms with Gasteiger partial charge in [0, 0.05) is 13.1 Å². The van der Waals surface area contributed by atoms with Crippen molar-refractivity contribution < 1.29 is 10.2 Å². The van der Waals surface area contributed by atoms with Gasteiger partial charge >= 0.3 is 0 Å². The Balaban J connectivity index is 3.20. The molecule has 0 heterocycles. The minimum atomic E-state index is -0.687. The zero-order valence-corrected chi connectivity index (χ0v) is 7.03. The van der Waals surface area contributed by atoms with Gasteiger partial charge in [-0.25, -0.2) is 0 Å². The van der Waals surface area contributed by atoms with E-state index in [2.05, 4.69) is 23.8 Å². The van der Waals surface area contributed by atoms with Crippen LogP contribution in [-0.4, -0.2) is 35.8 Å². The van der Waals surface area contributed by atoms with Crippen molar-refractivity contribution in [3.05, 3.63) is 25.3 Å². The molecule has 0 aromatic carbocycles. The van der Waals surface area contributed by atoms with Gasteiger partial charge in [0.1, 0.15) is 12.5 Å². The van der Waals surface area contributed by atoms with Crippen LogP contribution in [0, 0.1) is 0 Å². The van der Waals surface area contributed by atoms with Gasteiger partial charge in [-0.15, -0.1) is 0 Å². The number of hydrogen-bond acceptors (Lipinski definition) is 4. The fraction of sp³-hybridized carbons (Fsp3) is 0.500. The van der Waals surface area contributed by atoms with Crippen LogP contribution in [0.25, 0.3) is 0 Å². The zero-order chi connectivity index (χ0) is 9.40. The van der Waals surface area contributed by atoms with E-state index < -0.39 is 12.5 Å². The molecule has 2 unspecified atom stereocenters. The molecule has 0 aliphatic heterocycles. The van der Waals surface area contributed by atoms with E-state index in [9.17, 15) is 0 Å². The molecule has 0 radical (unpaired) electrons. The Bertz CT molecular complexity index is 123. The number of aliphatic hydroxyl groups excluding tert-OH is 2. The summed E-state index contributed by atoms with van der Waals surface area (Å²) < 4.78 is 0. The zero-order valence-electron chi connectivity index (χ0n) is 7.03. The van der Waals surface area contributed by atoms with Gasteiger partial charge in [-0.3, -0.25) is 10.6 Å². The van der Waals surface area contributed by atoms with E-state index >= 15 is 0 Å². The first-order valence-electron chi connectivity index (χ1n) is 3.78. The van der Waals surface area contributed by atoms with Gasteiger partial charge in [-0.05, 0) is 12.2 Å². The molecule has 0 saturated heterocycles. The molecular weight excluding hydrogens is 156 g/mol. The second-order valence-electron chi connectivity index (χ2n) is 2.27. The van der Waals surface area contributed by atoms with E-state index in [4.69, 9.17) is 10.2 Å². The van der Waals surface area contributed by atoms with Crippen LogP contribution in [-0.2, 0) is 0 Å². The number of aliphatic hydroxyl groups is 2. The molecule has 4 nitrogen and oxygen atoms in total. The highest BCUT2D eigenvalue weighted by Crippen LogP contribution is 1.77. The van der Waals surface area contributed by atoms with E-state index in [1.807, 2.05) is 0 Å². The van der Waals surface area contributed by atoms with Gasteiger partial charge < -0.3 is 10.2 Å². The van der Waals surface area contributed by atoms with Crippen LogP contribution in [0.4, 0.5) is 0 Å². The number of rotatable bonds is 7.